The van der Waals surface area contributed by atoms with Crippen molar-refractivity contribution in [2.24, 2.45) is 0 Å². The van der Waals surface area contributed by atoms with Crippen molar-refractivity contribution in [3.05, 3.63) is 50.9 Å². The van der Waals surface area contributed by atoms with Crippen LogP contribution in [0.1, 0.15) is 42.7 Å². The van der Waals surface area contributed by atoms with E-state index in [4.69, 9.17) is 0 Å². The molecule has 1 unspecified atom stereocenters. The lowest BCUT2D eigenvalue weighted by Crippen LogP contribution is -2.24. The molecule has 1 atom stereocenters. The van der Waals surface area contributed by atoms with E-state index in [9.17, 15) is 9.59 Å². The fourth-order valence-corrected chi connectivity index (χ4v) is 4.38. The van der Waals surface area contributed by atoms with E-state index in [2.05, 4.69) is 34.3 Å². The Hall–Kier alpha value is -1.73. The second kappa shape index (κ2) is 9.99. The summed E-state index contributed by atoms with van der Waals surface area (Å²) in [5, 5.41) is 3.11. The molecular weight excluding hydrogens is 378 g/mol. The lowest BCUT2D eigenvalue weighted by molar-refractivity contribution is -0.115. The van der Waals surface area contributed by atoms with Gasteiger partial charge in [0.1, 0.15) is 0 Å². The molecule has 0 bridgehead atoms. The third-order valence-corrected chi connectivity index (χ3v) is 6.14. The molecule has 0 saturated carbocycles. The van der Waals surface area contributed by atoms with E-state index in [1.54, 1.807) is 11.8 Å². The van der Waals surface area contributed by atoms with Gasteiger partial charge >= 0.3 is 0 Å². The van der Waals surface area contributed by atoms with E-state index < -0.39 is 0 Å². The molecule has 1 amide bonds. The van der Waals surface area contributed by atoms with Gasteiger partial charge in [0.15, 0.2) is 5.16 Å². The lowest BCUT2D eigenvalue weighted by Gasteiger charge is -2.16. The lowest BCUT2D eigenvalue weighted by atomic mass is 10.1. The zero-order chi connectivity index (χ0) is 20.0. The van der Waals surface area contributed by atoms with Crippen molar-refractivity contribution in [3.63, 3.8) is 0 Å². The SMILES string of the molecule is CCCSCc1cc(=O)[nH]c(SC(C)C(=O)Nc2c(C)cc(C)cc2C)n1. The van der Waals surface area contributed by atoms with E-state index in [1.807, 2.05) is 27.7 Å². The second-order valence-electron chi connectivity index (χ2n) is 6.62. The van der Waals surface area contributed by atoms with Crippen molar-refractivity contribution >= 4 is 35.1 Å². The van der Waals surface area contributed by atoms with E-state index >= 15 is 0 Å². The van der Waals surface area contributed by atoms with Gasteiger partial charge in [-0.2, -0.15) is 11.8 Å². The number of amides is 1. The highest BCUT2D eigenvalue weighted by Crippen LogP contribution is 2.25. The molecule has 2 aromatic rings. The predicted molar refractivity (Wildman–Crippen MR) is 116 cm³/mol. The number of hydrogen-bond acceptors (Lipinski definition) is 5. The number of nitrogens with zero attached hydrogens (tertiary/aromatic N) is 1. The molecule has 146 valence electrons. The largest absolute Gasteiger partial charge is 0.325 e. The number of aryl methyl sites for hydroxylation is 3. The Kier molecular flexibility index (Phi) is 7.98. The minimum atomic E-state index is -0.383. The molecule has 2 N–H and O–H groups in total. The summed E-state index contributed by atoms with van der Waals surface area (Å²) in [5.41, 5.74) is 4.67. The molecule has 27 heavy (non-hydrogen) atoms. The Labute approximate surface area is 169 Å². The average molecular weight is 406 g/mol. The van der Waals surface area contributed by atoms with Crippen LogP contribution >= 0.6 is 23.5 Å². The minimum Gasteiger partial charge on any atom is -0.325 e. The van der Waals surface area contributed by atoms with E-state index in [1.165, 1.54) is 23.4 Å². The molecule has 0 spiro atoms. The molecule has 5 nitrogen and oxygen atoms in total. The Morgan fingerprint density at radius 3 is 2.52 bits per heavy atom. The maximum absolute atomic E-state index is 12.6. The molecule has 1 heterocycles. The highest BCUT2D eigenvalue weighted by molar-refractivity contribution is 8.00. The van der Waals surface area contributed by atoms with E-state index in [-0.39, 0.29) is 16.7 Å². The van der Waals surface area contributed by atoms with Crippen molar-refractivity contribution < 1.29 is 4.79 Å². The van der Waals surface area contributed by atoms with Gasteiger partial charge in [0.05, 0.1) is 10.9 Å². The zero-order valence-electron chi connectivity index (χ0n) is 16.5. The van der Waals surface area contributed by atoms with Gasteiger partial charge in [0.2, 0.25) is 5.91 Å². The van der Waals surface area contributed by atoms with E-state index in [0.717, 1.165) is 34.7 Å². The van der Waals surface area contributed by atoms with Gasteiger partial charge < -0.3 is 10.3 Å². The van der Waals surface area contributed by atoms with Crippen molar-refractivity contribution in [1.29, 1.82) is 0 Å². The summed E-state index contributed by atoms with van der Waals surface area (Å²) in [6.07, 6.45) is 1.09. The zero-order valence-corrected chi connectivity index (χ0v) is 18.1. The molecule has 0 saturated heterocycles. The van der Waals surface area contributed by atoms with Crippen LogP contribution in [0.5, 0.6) is 0 Å². The third-order valence-electron chi connectivity index (χ3n) is 3.95. The molecule has 0 aliphatic carbocycles. The molecule has 1 aromatic heterocycles. The number of anilines is 1. The van der Waals surface area contributed by atoms with Gasteiger partial charge in [0.25, 0.3) is 5.56 Å². The fraction of sp³-hybridized carbons (Fsp3) is 0.450. The normalized spacial score (nSPS) is 12.0. The number of carbonyl (C=O) groups is 1. The van der Waals surface area contributed by atoms with Gasteiger partial charge in [-0.1, -0.05) is 36.4 Å². The smallest absolute Gasteiger partial charge is 0.251 e. The number of H-pyrrole nitrogens is 1. The number of aromatic amines is 1. The Balaban J connectivity index is 2.07. The first-order valence-corrected chi connectivity index (χ1v) is 11.1. The minimum absolute atomic E-state index is 0.108. The van der Waals surface area contributed by atoms with Crippen LogP contribution in [0.15, 0.2) is 28.2 Å². The highest BCUT2D eigenvalue weighted by Gasteiger charge is 2.18. The molecular formula is C20H27N3O2S2. The Morgan fingerprint density at radius 1 is 1.22 bits per heavy atom. The van der Waals surface area contributed by atoms with Crippen molar-refractivity contribution in [3.8, 4) is 0 Å². The average Bonchev–Trinajstić information content (AvgIpc) is 2.57. The third kappa shape index (κ3) is 6.43. The standard InChI is InChI=1S/C20H27N3O2S2/c1-6-7-26-11-16-10-17(24)22-20(21-16)27-15(5)19(25)23-18-13(3)8-12(2)9-14(18)4/h8-10,15H,6-7,11H2,1-5H3,(H,23,25)(H,21,22,24). The van der Waals surface area contributed by atoms with Gasteiger partial charge in [0, 0.05) is 17.5 Å². The molecule has 2 rings (SSSR count). The number of hydrogen-bond donors (Lipinski definition) is 2. The van der Waals surface area contributed by atoms with Crippen LogP contribution in [0.25, 0.3) is 0 Å². The van der Waals surface area contributed by atoms with Gasteiger partial charge in [-0.15, -0.1) is 0 Å². The number of benzene rings is 1. The molecule has 0 radical (unpaired) electrons. The predicted octanol–water partition coefficient (Wildman–Crippen LogP) is 4.46. The number of nitrogens with one attached hydrogen (secondary N) is 2. The first-order valence-electron chi connectivity index (χ1n) is 9.03. The maximum atomic E-state index is 12.6. The van der Waals surface area contributed by atoms with Crippen LogP contribution in [0, 0.1) is 20.8 Å². The van der Waals surface area contributed by atoms with Gasteiger partial charge in [-0.3, -0.25) is 9.59 Å². The van der Waals surface area contributed by atoms with Crippen LogP contribution in [0.2, 0.25) is 0 Å². The van der Waals surface area contributed by atoms with E-state index in [0.29, 0.717) is 10.9 Å². The van der Waals surface area contributed by atoms with Gasteiger partial charge in [-0.25, -0.2) is 4.98 Å². The summed E-state index contributed by atoms with van der Waals surface area (Å²) in [4.78, 5) is 31.7. The van der Waals surface area contributed by atoms with Crippen LogP contribution < -0.4 is 10.9 Å². The monoisotopic (exact) mass is 405 g/mol. The Bertz CT molecular complexity index is 842. The summed E-state index contributed by atoms with van der Waals surface area (Å²) in [5.74, 6) is 1.63. The summed E-state index contributed by atoms with van der Waals surface area (Å²) in [6.45, 7) is 9.96. The number of thioether (sulfide) groups is 2. The first kappa shape index (κ1) is 21.6. The second-order valence-corrected chi connectivity index (χ2v) is 9.05. The number of carbonyl (C=O) groups excluding carboxylic acids is 1. The summed E-state index contributed by atoms with van der Waals surface area (Å²) in [6, 6.07) is 5.63. The molecule has 7 heteroatoms. The van der Waals surface area contributed by atoms with Crippen LogP contribution in [0.3, 0.4) is 0 Å². The Morgan fingerprint density at radius 2 is 1.89 bits per heavy atom. The van der Waals surface area contributed by atoms with Crippen molar-refractivity contribution in [2.75, 3.05) is 11.1 Å². The fourth-order valence-electron chi connectivity index (χ4n) is 2.76. The van der Waals surface area contributed by atoms with Crippen LogP contribution in [0.4, 0.5) is 5.69 Å². The van der Waals surface area contributed by atoms with Crippen LogP contribution in [-0.4, -0.2) is 26.9 Å². The maximum Gasteiger partial charge on any atom is 0.251 e. The number of rotatable bonds is 8. The first-order chi connectivity index (χ1) is 12.8. The molecule has 1 aromatic carbocycles. The van der Waals surface area contributed by atoms with Crippen LogP contribution in [-0.2, 0) is 10.5 Å². The molecule has 0 aliphatic rings. The number of aromatic nitrogens is 2. The summed E-state index contributed by atoms with van der Waals surface area (Å²) in [7, 11) is 0. The molecule has 0 aliphatic heterocycles. The quantitative estimate of drug-likeness (QED) is 0.385. The highest BCUT2D eigenvalue weighted by atomic mass is 32.2. The molecule has 0 fully saturated rings. The van der Waals surface area contributed by atoms with Crippen molar-refractivity contribution in [2.45, 2.75) is 57.2 Å². The topological polar surface area (TPSA) is 74.8 Å². The summed E-state index contributed by atoms with van der Waals surface area (Å²) < 4.78 is 0. The van der Waals surface area contributed by atoms with Crippen molar-refractivity contribution in [1.82, 2.24) is 9.97 Å². The van der Waals surface area contributed by atoms with Gasteiger partial charge in [-0.05, 0) is 51.0 Å². The summed E-state index contributed by atoms with van der Waals surface area (Å²) >= 11 is 3.02.